The number of nitrogens with zero attached hydrogens (tertiary/aromatic N) is 1. The number of fused-ring (bicyclic) bond motifs is 1. The van der Waals surface area contributed by atoms with Gasteiger partial charge in [0.25, 0.3) is 0 Å². The molecule has 2 aromatic carbocycles. The Morgan fingerprint density at radius 1 is 1.14 bits per heavy atom. The van der Waals surface area contributed by atoms with E-state index in [0.29, 0.717) is 21.8 Å². The molecule has 0 radical (unpaired) electrons. The van der Waals surface area contributed by atoms with E-state index in [4.69, 9.17) is 16.3 Å². The summed E-state index contributed by atoms with van der Waals surface area (Å²) < 4.78 is 19.7. The van der Waals surface area contributed by atoms with Gasteiger partial charge in [-0.2, -0.15) is 0 Å². The number of halogens is 3. The third-order valence-corrected chi connectivity index (χ3v) is 3.92. The van der Waals surface area contributed by atoms with Crippen molar-refractivity contribution in [2.45, 2.75) is 5.88 Å². The molecule has 3 rings (SSSR count). The molecule has 0 amide bonds. The van der Waals surface area contributed by atoms with E-state index >= 15 is 0 Å². The van der Waals surface area contributed by atoms with E-state index in [1.165, 1.54) is 6.07 Å². The number of ether oxygens (including phenoxy) is 1. The van der Waals surface area contributed by atoms with Crippen LogP contribution in [0.15, 0.2) is 53.0 Å². The van der Waals surface area contributed by atoms with Gasteiger partial charge in [0, 0.05) is 11.5 Å². The van der Waals surface area contributed by atoms with Gasteiger partial charge in [0.15, 0.2) is 0 Å². The second-order valence-electron chi connectivity index (χ2n) is 4.45. The normalized spacial score (nSPS) is 10.8. The van der Waals surface area contributed by atoms with E-state index in [-0.39, 0.29) is 11.7 Å². The summed E-state index contributed by atoms with van der Waals surface area (Å²) in [6.07, 6.45) is 0. The van der Waals surface area contributed by atoms with Crippen LogP contribution in [0.4, 0.5) is 4.39 Å². The van der Waals surface area contributed by atoms with Crippen LogP contribution in [0.2, 0.25) is 0 Å². The van der Waals surface area contributed by atoms with Gasteiger partial charge in [0.1, 0.15) is 11.6 Å². The van der Waals surface area contributed by atoms with Crippen LogP contribution in [0.3, 0.4) is 0 Å². The molecule has 0 N–H and O–H groups in total. The maximum atomic E-state index is 13.6. The molecule has 0 spiro atoms. The molecule has 0 aliphatic rings. The van der Waals surface area contributed by atoms with Crippen molar-refractivity contribution in [2.24, 2.45) is 0 Å². The Kier molecular flexibility index (Phi) is 4.08. The van der Waals surface area contributed by atoms with Crippen molar-refractivity contribution < 1.29 is 9.13 Å². The molecule has 2 nitrogen and oxygen atoms in total. The summed E-state index contributed by atoms with van der Waals surface area (Å²) >= 11 is 8.98. The maximum absolute atomic E-state index is 13.6. The first kappa shape index (κ1) is 14.3. The molecule has 0 unspecified atom stereocenters. The zero-order valence-electron chi connectivity index (χ0n) is 10.8. The molecule has 0 atom stereocenters. The maximum Gasteiger partial charge on any atom is 0.227 e. The molecule has 106 valence electrons. The number of alkyl halides is 1. The van der Waals surface area contributed by atoms with Crippen molar-refractivity contribution in [1.82, 2.24) is 4.98 Å². The Balaban J connectivity index is 2.08. The third kappa shape index (κ3) is 3.01. The molecule has 0 bridgehead atoms. The number of benzene rings is 2. The van der Waals surface area contributed by atoms with Crippen LogP contribution in [0.25, 0.3) is 10.8 Å². The summed E-state index contributed by atoms with van der Waals surface area (Å²) in [5.74, 6) is 0.714. The SMILES string of the molecule is Fc1cc(Oc2nc(CCl)cc3ccccc23)ccc1Br. The van der Waals surface area contributed by atoms with Crippen LogP contribution in [0, 0.1) is 5.82 Å². The van der Waals surface area contributed by atoms with Crippen LogP contribution in [-0.2, 0) is 5.88 Å². The number of rotatable bonds is 3. The molecule has 0 saturated carbocycles. The zero-order valence-corrected chi connectivity index (χ0v) is 13.2. The first-order chi connectivity index (χ1) is 10.2. The first-order valence-corrected chi connectivity index (χ1v) is 7.57. The smallest absolute Gasteiger partial charge is 0.227 e. The lowest BCUT2D eigenvalue weighted by molar-refractivity contribution is 0.462. The largest absolute Gasteiger partial charge is 0.438 e. The molecular formula is C16H10BrClFNO. The Bertz CT molecular complexity index is 809. The topological polar surface area (TPSA) is 22.1 Å². The van der Waals surface area contributed by atoms with Crippen molar-refractivity contribution in [1.29, 1.82) is 0 Å². The lowest BCUT2D eigenvalue weighted by Gasteiger charge is -2.10. The highest BCUT2D eigenvalue weighted by molar-refractivity contribution is 9.10. The summed E-state index contributed by atoms with van der Waals surface area (Å²) in [6, 6.07) is 14.2. The second-order valence-corrected chi connectivity index (χ2v) is 5.57. The minimum Gasteiger partial charge on any atom is -0.438 e. The zero-order chi connectivity index (χ0) is 14.8. The second kappa shape index (κ2) is 6.00. The first-order valence-electron chi connectivity index (χ1n) is 6.25. The van der Waals surface area contributed by atoms with Crippen molar-refractivity contribution in [3.8, 4) is 11.6 Å². The van der Waals surface area contributed by atoms with E-state index in [2.05, 4.69) is 20.9 Å². The molecule has 21 heavy (non-hydrogen) atoms. The fourth-order valence-electron chi connectivity index (χ4n) is 2.02. The van der Waals surface area contributed by atoms with E-state index < -0.39 is 0 Å². The van der Waals surface area contributed by atoms with E-state index in [1.807, 2.05) is 30.3 Å². The summed E-state index contributed by atoms with van der Waals surface area (Å²) in [6.45, 7) is 0. The van der Waals surface area contributed by atoms with Crippen molar-refractivity contribution in [3.63, 3.8) is 0 Å². The fraction of sp³-hybridized carbons (Fsp3) is 0.0625. The number of aromatic nitrogens is 1. The predicted octanol–water partition coefficient (Wildman–Crippen LogP) is 5.67. The summed E-state index contributed by atoms with van der Waals surface area (Å²) in [7, 11) is 0. The van der Waals surface area contributed by atoms with Gasteiger partial charge in [-0.1, -0.05) is 18.2 Å². The van der Waals surface area contributed by atoms with Crippen LogP contribution in [0.5, 0.6) is 11.6 Å². The minimum absolute atomic E-state index is 0.288. The molecule has 0 saturated heterocycles. The van der Waals surface area contributed by atoms with Crippen molar-refractivity contribution in [3.05, 3.63) is 64.5 Å². The highest BCUT2D eigenvalue weighted by Gasteiger charge is 2.09. The van der Waals surface area contributed by atoms with Gasteiger partial charge in [-0.15, -0.1) is 11.6 Å². The molecule has 0 fully saturated rings. The molecule has 1 aromatic heterocycles. The van der Waals surface area contributed by atoms with Gasteiger partial charge in [0.2, 0.25) is 5.88 Å². The Hall–Kier alpha value is -1.65. The highest BCUT2D eigenvalue weighted by atomic mass is 79.9. The lowest BCUT2D eigenvalue weighted by Crippen LogP contribution is -1.94. The molecule has 3 aromatic rings. The summed E-state index contributed by atoms with van der Waals surface area (Å²) in [5, 5.41) is 1.84. The molecule has 0 aliphatic heterocycles. The Morgan fingerprint density at radius 2 is 1.95 bits per heavy atom. The molecule has 5 heteroatoms. The number of pyridine rings is 1. The Morgan fingerprint density at radius 3 is 2.71 bits per heavy atom. The Labute approximate surface area is 134 Å². The lowest BCUT2D eigenvalue weighted by atomic mass is 10.1. The average Bonchev–Trinajstić information content (AvgIpc) is 2.51. The van der Waals surface area contributed by atoms with Crippen molar-refractivity contribution in [2.75, 3.05) is 0 Å². The molecular weight excluding hydrogens is 357 g/mol. The monoisotopic (exact) mass is 365 g/mol. The molecule has 1 heterocycles. The quantitative estimate of drug-likeness (QED) is 0.557. The van der Waals surface area contributed by atoms with Crippen LogP contribution in [-0.4, -0.2) is 4.98 Å². The molecule has 0 aliphatic carbocycles. The van der Waals surface area contributed by atoms with Gasteiger partial charge in [0.05, 0.1) is 16.0 Å². The van der Waals surface area contributed by atoms with Gasteiger partial charge in [-0.05, 0) is 45.6 Å². The fourth-order valence-corrected chi connectivity index (χ4v) is 2.40. The van der Waals surface area contributed by atoms with Crippen LogP contribution in [0.1, 0.15) is 5.69 Å². The average molecular weight is 367 g/mol. The van der Waals surface area contributed by atoms with E-state index in [9.17, 15) is 4.39 Å². The van der Waals surface area contributed by atoms with Gasteiger partial charge in [-0.3, -0.25) is 0 Å². The van der Waals surface area contributed by atoms with E-state index in [0.717, 1.165) is 10.8 Å². The van der Waals surface area contributed by atoms with Gasteiger partial charge < -0.3 is 4.74 Å². The van der Waals surface area contributed by atoms with Crippen molar-refractivity contribution >= 4 is 38.3 Å². The minimum atomic E-state index is -0.384. The number of hydrogen-bond acceptors (Lipinski definition) is 2. The number of hydrogen-bond donors (Lipinski definition) is 0. The van der Waals surface area contributed by atoms with Crippen LogP contribution < -0.4 is 4.74 Å². The van der Waals surface area contributed by atoms with Crippen LogP contribution >= 0.6 is 27.5 Å². The van der Waals surface area contributed by atoms with Gasteiger partial charge >= 0.3 is 0 Å². The highest BCUT2D eigenvalue weighted by Crippen LogP contribution is 2.30. The standard InChI is InChI=1S/C16H10BrClFNO/c17-14-6-5-12(8-15(14)19)21-16-13-4-2-1-3-10(13)7-11(9-18)20-16/h1-8H,9H2. The third-order valence-electron chi connectivity index (χ3n) is 3.00. The summed E-state index contributed by atoms with van der Waals surface area (Å²) in [4.78, 5) is 4.38. The summed E-state index contributed by atoms with van der Waals surface area (Å²) in [5.41, 5.74) is 0.711. The van der Waals surface area contributed by atoms with E-state index in [1.54, 1.807) is 12.1 Å². The predicted molar refractivity (Wildman–Crippen MR) is 85.5 cm³/mol. The van der Waals surface area contributed by atoms with Gasteiger partial charge in [-0.25, -0.2) is 9.37 Å².